The molecule has 0 aliphatic heterocycles. The van der Waals surface area contributed by atoms with Crippen molar-refractivity contribution in [3.05, 3.63) is 74.2 Å². The molecule has 0 saturated heterocycles. The second-order valence-corrected chi connectivity index (χ2v) is 5.83. The Morgan fingerprint density at radius 2 is 2.04 bits per heavy atom. The lowest BCUT2D eigenvalue weighted by atomic mass is 10.3. The molecule has 0 unspecified atom stereocenters. The van der Waals surface area contributed by atoms with E-state index >= 15 is 0 Å². The Labute approximate surface area is 136 Å². The van der Waals surface area contributed by atoms with Crippen molar-refractivity contribution < 1.29 is 0 Å². The molecule has 0 N–H and O–H groups in total. The van der Waals surface area contributed by atoms with Crippen molar-refractivity contribution in [1.82, 2.24) is 18.7 Å². The van der Waals surface area contributed by atoms with Gasteiger partial charge in [-0.2, -0.15) is 0 Å². The number of aromatic nitrogens is 4. The zero-order valence-electron chi connectivity index (χ0n) is 12.7. The van der Waals surface area contributed by atoms with Gasteiger partial charge >= 0.3 is 11.2 Å². The quantitative estimate of drug-likeness (QED) is 0.692. The van der Waals surface area contributed by atoms with E-state index in [9.17, 15) is 9.59 Å². The van der Waals surface area contributed by atoms with Gasteiger partial charge in [-0.1, -0.05) is 29.3 Å². The van der Waals surface area contributed by atoms with Gasteiger partial charge in [0.25, 0.3) is 0 Å². The lowest BCUT2D eigenvalue weighted by Gasteiger charge is -2.05. The Balaban J connectivity index is 2.18. The Hall–Kier alpha value is -2.60. The van der Waals surface area contributed by atoms with Gasteiger partial charge in [0.1, 0.15) is 0 Å². The zero-order chi connectivity index (χ0) is 16.6. The maximum absolute atomic E-state index is 12.6. The van der Waals surface area contributed by atoms with Gasteiger partial charge in [-0.05, 0) is 32.0 Å². The second-order valence-electron chi connectivity index (χ2n) is 5.39. The number of hydrogen-bond acceptors (Lipinski definition) is 3. The smallest absolute Gasteiger partial charge is 0.280 e. The van der Waals surface area contributed by atoms with Gasteiger partial charge in [-0.25, -0.2) is 13.9 Å². The summed E-state index contributed by atoms with van der Waals surface area (Å²) in [6.07, 6.45) is 4.95. The third-order valence-electron chi connectivity index (χ3n) is 3.40. The minimum Gasteiger partial charge on any atom is -0.280 e. The largest absolute Gasteiger partial charge is 0.350 e. The van der Waals surface area contributed by atoms with E-state index in [1.165, 1.54) is 26.0 Å². The number of halogens is 1. The minimum absolute atomic E-state index is 0.0830. The molecular formula is C16H15ClN4O2. The van der Waals surface area contributed by atoms with Crippen LogP contribution >= 0.6 is 11.6 Å². The van der Waals surface area contributed by atoms with Gasteiger partial charge in [-0.15, -0.1) is 5.10 Å². The van der Waals surface area contributed by atoms with Crippen molar-refractivity contribution >= 4 is 17.2 Å². The van der Waals surface area contributed by atoms with E-state index in [-0.39, 0.29) is 16.9 Å². The number of benzene rings is 1. The molecule has 2 aromatic heterocycles. The summed E-state index contributed by atoms with van der Waals surface area (Å²) >= 11 is 5.97. The highest BCUT2D eigenvalue weighted by molar-refractivity contribution is 6.30. The fraction of sp³-hybridized carbons (Fsp3) is 0.188. The third kappa shape index (κ3) is 2.85. The standard InChI is InChI=1S/C16H15ClN4O2/c1-11(2)6-7-21-16(23)20-9-8-19(15(22)14(20)18-21)13-5-3-4-12(17)10-13/h3-6,8-10H,7H2,1-2H3. The van der Waals surface area contributed by atoms with Gasteiger partial charge < -0.3 is 0 Å². The van der Waals surface area contributed by atoms with Crippen LogP contribution in [0.2, 0.25) is 5.02 Å². The first kappa shape index (κ1) is 15.3. The summed E-state index contributed by atoms with van der Waals surface area (Å²) in [6, 6.07) is 6.93. The highest BCUT2D eigenvalue weighted by Crippen LogP contribution is 2.13. The van der Waals surface area contributed by atoms with Crippen LogP contribution in [-0.2, 0) is 6.54 Å². The molecule has 6 nitrogen and oxygen atoms in total. The Kier molecular flexibility index (Phi) is 3.92. The summed E-state index contributed by atoms with van der Waals surface area (Å²) in [5.41, 5.74) is 1.07. The molecule has 0 radical (unpaired) electrons. The predicted octanol–water partition coefficient (Wildman–Crippen LogP) is 2.27. The molecule has 23 heavy (non-hydrogen) atoms. The van der Waals surface area contributed by atoms with Gasteiger partial charge in [0, 0.05) is 17.4 Å². The number of nitrogens with zero attached hydrogens (tertiary/aromatic N) is 4. The first-order chi connectivity index (χ1) is 11.0. The lowest BCUT2D eigenvalue weighted by molar-refractivity contribution is 0.669. The average Bonchev–Trinajstić information content (AvgIpc) is 2.83. The maximum Gasteiger partial charge on any atom is 0.350 e. The van der Waals surface area contributed by atoms with Crippen LogP contribution in [0.1, 0.15) is 13.8 Å². The SMILES string of the molecule is CC(C)=CCn1nc2c(=O)n(-c3cccc(Cl)c3)ccn2c1=O. The first-order valence-electron chi connectivity index (χ1n) is 7.07. The fourth-order valence-corrected chi connectivity index (χ4v) is 2.41. The van der Waals surface area contributed by atoms with Crippen molar-refractivity contribution in [3.63, 3.8) is 0 Å². The van der Waals surface area contributed by atoms with E-state index in [2.05, 4.69) is 5.10 Å². The molecule has 1 aromatic carbocycles. The van der Waals surface area contributed by atoms with Crippen LogP contribution in [0.25, 0.3) is 11.3 Å². The van der Waals surface area contributed by atoms with E-state index in [1.54, 1.807) is 24.3 Å². The molecule has 0 aliphatic rings. The van der Waals surface area contributed by atoms with E-state index in [4.69, 9.17) is 11.6 Å². The van der Waals surface area contributed by atoms with Crippen molar-refractivity contribution in [2.45, 2.75) is 20.4 Å². The van der Waals surface area contributed by atoms with Crippen molar-refractivity contribution in [1.29, 1.82) is 0 Å². The van der Waals surface area contributed by atoms with Gasteiger partial charge in [0.2, 0.25) is 5.65 Å². The Bertz CT molecular complexity index is 1020. The highest BCUT2D eigenvalue weighted by atomic mass is 35.5. The Morgan fingerprint density at radius 1 is 1.26 bits per heavy atom. The topological polar surface area (TPSA) is 61.3 Å². The van der Waals surface area contributed by atoms with Gasteiger partial charge in [-0.3, -0.25) is 9.36 Å². The van der Waals surface area contributed by atoms with Crippen LogP contribution in [-0.4, -0.2) is 18.7 Å². The maximum atomic E-state index is 12.6. The van der Waals surface area contributed by atoms with Gasteiger partial charge in [0.05, 0.1) is 12.2 Å². The first-order valence-corrected chi connectivity index (χ1v) is 7.45. The summed E-state index contributed by atoms with van der Waals surface area (Å²) in [7, 11) is 0. The molecule has 2 heterocycles. The van der Waals surface area contributed by atoms with Crippen LogP contribution in [0.3, 0.4) is 0 Å². The molecule has 0 atom stereocenters. The monoisotopic (exact) mass is 330 g/mol. The summed E-state index contributed by atoms with van der Waals surface area (Å²) in [5.74, 6) is 0. The van der Waals surface area contributed by atoms with E-state index < -0.39 is 0 Å². The highest BCUT2D eigenvalue weighted by Gasteiger charge is 2.12. The van der Waals surface area contributed by atoms with Crippen LogP contribution in [0, 0.1) is 0 Å². The fourth-order valence-electron chi connectivity index (χ4n) is 2.23. The molecule has 0 spiro atoms. The number of allylic oxidation sites excluding steroid dienone is 2. The molecule has 3 rings (SSSR count). The van der Waals surface area contributed by atoms with Crippen LogP contribution in [0.4, 0.5) is 0 Å². The molecule has 0 bridgehead atoms. The molecule has 3 aromatic rings. The molecule has 0 fully saturated rings. The normalized spacial score (nSPS) is 10.9. The van der Waals surface area contributed by atoms with Crippen molar-refractivity contribution in [2.24, 2.45) is 0 Å². The molecule has 0 aliphatic carbocycles. The average molecular weight is 331 g/mol. The summed E-state index contributed by atoms with van der Waals surface area (Å²) in [6.45, 7) is 4.21. The number of hydrogen-bond donors (Lipinski definition) is 0. The number of fused-ring (bicyclic) bond motifs is 1. The van der Waals surface area contributed by atoms with Crippen LogP contribution in [0.5, 0.6) is 0 Å². The Morgan fingerprint density at radius 3 is 2.74 bits per heavy atom. The molecule has 7 heteroatoms. The van der Waals surface area contributed by atoms with Crippen LogP contribution in [0.15, 0.2) is 57.9 Å². The predicted molar refractivity (Wildman–Crippen MR) is 89.5 cm³/mol. The van der Waals surface area contributed by atoms with E-state index in [1.807, 2.05) is 19.9 Å². The number of rotatable bonds is 3. The molecule has 0 amide bonds. The summed E-state index contributed by atoms with van der Waals surface area (Å²) in [4.78, 5) is 24.9. The van der Waals surface area contributed by atoms with Crippen LogP contribution < -0.4 is 11.2 Å². The minimum atomic E-state index is -0.372. The lowest BCUT2D eigenvalue weighted by Crippen LogP contribution is -2.24. The van der Waals surface area contributed by atoms with Crippen molar-refractivity contribution in [2.75, 3.05) is 0 Å². The molecule has 0 saturated carbocycles. The second kappa shape index (κ2) is 5.89. The molecule has 118 valence electrons. The van der Waals surface area contributed by atoms with Crippen molar-refractivity contribution in [3.8, 4) is 5.69 Å². The van der Waals surface area contributed by atoms with E-state index in [0.717, 1.165) is 5.57 Å². The van der Waals surface area contributed by atoms with E-state index in [0.29, 0.717) is 17.3 Å². The summed E-state index contributed by atoms with van der Waals surface area (Å²) in [5, 5.41) is 4.68. The van der Waals surface area contributed by atoms with Gasteiger partial charge in [0.15, 0.2) is 0 Å². The summed E-state index contributed by atoms with van der Waals surface area (Å²) < 4.78 is 3.94. The molecular weight excluding hydrogens is 316 g/mol. The third-order valence-corrected chi connectivity index (χ3v) is 3.64. The zero-order valence-corrected chi connectivity index (χ0v) is 13.5.